The number of hydrogen-bond acceptors (Lipinski definition) is 5. The Labute approximate surface area is 150 Å². The summed E-state index contributed by atoms with van der Waals surface area (Å²) in [5, 5.41) is 8.82. The third kappa shape index (κ3) is 3.00. The fourth-order valence-corrected chi connectivity index (χ4v) is 3.87. The lowest BCUT2D eigenvalue weighted by Gasteiger charge is -2.09. The van der Waals surface area contributed by atoms with Crippen LogP contribution in [0.5, 0.6) is 0 Å². The SMILES string of the molecule is Cc1sc2nc(-c3ccccc3)nc(NCc3cnn(C)c3)c2c1C. The lowest BCUT2D eigenvalue weighted by atomic mass is 10.2. The zero-order valence-corrected chi connectivity index (χ0v) is 15.3. The predicted molar refractivity (Wildman–Crippen MR) is 103 cm³/mol. The Morgan fingerprint density at radius 1 is 1.12 bits per heavy atom. The normalized spacial score (nSPS) is 11.2. The number of benzene rings is 1. The molecule has 0 amide bonds. The number of aromatic nitrogens is 4. The van der Waals surface area contributed by atoms with E-state index < -0.39 is 0 Å². The van der Waals surface area contributed by atoms with Gasteiger partial charge in [0.2, 0.25) is 0 Å². The Morgan fingerprint density at radius 3 is 2.64 bits per heavy atom. The van der Waals surface area contributed by atoms with Crippen LogP contribution in [0.3, 0.4) is 0 Å². The summed E-state index contributed by atoms with van der Waals surface area (Å²) in [5.41, 5.74) is 3.39. The molecule has 0 bridgehead atoms. The van der Waals surface area contributed by atoms with E-state index in [2.05, 4.69) is 24.3 Å². The minimum absolute atomic E-state index is 0.683. The van der Waals surface area contributed by atoms with Crippen LogP contribution in [0.15, 0.2) is 42.7 Å². The summed E-state index contributed by atoms with van der Waals surface area (Å²) in [4.78, 5) is 11.9. The van der Waals surface area contributed by atoms with Crippen LogP contribution in [0.2, 0.25) is 0 Å². The van der Waals surface area contributed by atoms with Gasteiger partial charge in [0.1, 0.15) is 10.6 Å². The first-order chi connectivity index (χ1) is 12.1. The maximum Gasteiger partial charge on any atom is 0.163 e. The second-order valence-corrected chi connectivity index (χ2v) is 7.30. The van der Waals surface area contributed by atoms with Gasteiger partial charge < -0.3 is 5.32 Å². The summed E-state index contributed by atoms with van der Waals surface area (Å²) in [7, 11) is 1.92. The van der Waals surface area contributed by atoms with E-state index in [1.165, 1.54) is 10.4 Å². The highest BCUT2D eigenvalue weighted by atomic mass is 32.1. The zero-order valence-electron chi connectivity index (χ0n) is 14.4. The van der Waals surface area contributed by atoms with E-state index in [1.54, 1.807) is 11.3 Å². The molecule has 126 valence electrons. The highest BCUT2D eigenvalue weighted by Crippen LogP contribution is 2.35. The molecule has 4 rings (SSSR count). The standard InChI is InChI=1S/C19H19N5S/c1-12-13(2)25-19-16(12)18(20-9-14-10-21-24(3)11-14)22-17(23-19)15-7-5-4-6-8-15/h4-8,10-11H,9H2,1-3H3,(H,20,22,23). The summed E-state index contributed by atoms with van der Waals surface area (Å²) in [6, 6.07) is 10.1. The van der Waals surface area contributed by atoms with Crippen LogP contribution in [0, 0.1) is 13.8 Å². The summed E-state index contributed by atoms with van der Waals surface area (Å²) < 4.78 is 1.81. The molecule has 0 unspecified atom stereocenters. The number of thiophene rings is 1. The summed E-state index contributed by atoms with van der Waals surface area (Å²) in [6.07, 6.45) is 3.88. The minimum atomic E-state index is 0.683. The maximum atomic E-state index is 4.82. The van der Waals surface area contributed by atoms with Crippen molar-refractivity contribution in [2.45, 2.75) is 20.4 Å². The third-order valence-corrected chi connectivity index (χ3v) is 5.38. The van der Waals surface area contributed by atoms with Gasteiger partial charge in [0.25, 0.3) is 0 Å². The van der Waals surface area contributed by atoms with Gasteiger partial charge >= 0.3 is 0 Å². The molecular formula is C19H19N5S. The van der Waals surface area contributed by atoms with E-state index in [9.17, 15) is 0 Å². The van der Waals surface area contributed by atoms with Gasteiger partial charge in [-0.15, -0.1) is 11.3 Å². The second kappa shape index (κ2) is 6.29. The van der Waals surface area contributed by atoms with Crippen molar-refractivity contribution in [2.24, 2.45) is 7.05 Å². The molecule has 0 atom stereocenters. The van der Waals surface area contributed by atoms with Gasteiger partial charge in [0.05, 0.1) is 11.6 Å². The van der Waals surface area contributed by atoms with Crippen molar-refractivity contribution in [3.05, 3.63) is 58.7 Å². The average molecular weight is 349 g/mol. The monoisotopic (exact) mass is 349 g/mol. The van der Waals surface area contributed by atoms with Gasteiger partial charge in [0.15, 0.2) is 5.82 Å². The molecule has 0 fully saturated rings. The van der Waals surface area contributed by atoms with Crippen molar-refractivity contribution in [2.75, 3.05) is 5.32 Å². The van der Waals surface area contributed by atoms with E-state index in [-0.39, 0.29) is 0 Å². The summed E-state index contributed by atoms with van der Waals surface area (Å²) >= 11 is 1.72. The van der Waals surface area contributed by atoms with Crippen LogP contribution in [0.4, 0.5) is 5.82 Å². The molecule has 0 aliphatic heterocycles. The Balaban J connectivity index is 1.79. The Bertz CT molecular complexity index is 1030. The lowest BCUT2D eigenvalue weighted by Crippen LogP contribution is -2.03. The molecule has 0 aliphatic carbocycles. The largest absolute Gasteiger partial charge is 0.365 e. The second-order valence-electron chi connectivity index (χ2n) is 6.10. The Kier molecular flexibility index (Phi) is 3.97. The molecule has 0 spiro atoms. The van der Waals surface area contributed by atoms with Crippen molar-refractivity contribution in [1.29, 1.82) is 0 Å². The molecule has 1 aromatic carbocycles. The summed E-state index contributed by atoms with van der Waals surface area (Å²) in [5.74, 6) is 1.64. The van der Waals surface area contributed by atoms with Gasteiger partial charge in [-0.1, -0.05) is 30.3 Å². The van der Waals surface area contributed by atoms with Crippen LogP contribution in [0.1, 0.15) is 16.0 Å². The molecule has 6 heteroatoms. The highest BCUT2D eigenvalue weighted by Gasteiger charge is 2.15. The predicted octanol–water partition coefficient (Wildman–Crippen LogP) is 4.32. The number of hydrogen-bond donors (Lipinski definition) is 1. The quantitative estimate of drug-likeness (QED) is 0.596. The molecule has 5 nitrogen and oxygen atoms in total. The molecule has 3 aromatic heterocycles. The molecule has 0 saturated heterocycles. The van der Waals surface area contributed by atoms with E-state index >= 15 is 0 Å². The fraction of sp³-hybridized carbons (Fsp3) is 0.211. The van der Waals surface area contributed by atoms with Crippen molar-refractivity contribution in [3.8, 4) is 11.4 Å². The number of aryl methyl sites for hydroxylation is 3. The van der Waals surface area contributed by atoms with Gasteiger partial charge in [-0.05, 0) is 19.4 Å². The minimum Gasteiger partial charge on any atom is -0.365 e. The number of nitrogens with one attached hydrogen (secondary N) is 1. The van der Waals surface area contributed by atoms with Gasteiger partial charge in [-0.3, -0.25) is 4.68 Å². The lowest BCUT2D eigenvalue weighted by molar-refractivity contribution is 0.767. The molecule has 25 heavy (non-hydrogen) atoms. The van der Waals surface area contributed by atoms with Crippen LogP contribution < -0.4 is 5.32 Å². The van der Waals surface area contributed by atoms with Gasteiger partial charge in [-0.25, -0.2) is 9.97 Å². The summed E-state index contributed by atoms with van der Waals surface area (Å²) in [6.45, 7) is 4.95. The first-order valence-corrected chi connectivity index (χ1v) is 8.98. The molecule has 0 aliphatic rings. The molecule has 0 radical (unpaired) electrons. The molecule has 0 saturated carbocycles. The van der Waals surface area contributed by atoms with Crippen LogP contribution in [0.25, 0.3) is 21.6 Å². The van der Waals surface area contributed by atoms with Gasteiger partial charge in [-0.2, -0.15) is 5.10 Å². The molecular weight excluding hydrogens is 330 g/mol. The number of fused-ring (bicyclic) bond motifs is 1. The van der Waals surface area contributed by atoms with Gasteiger partial charge in [0, 0.05) is 35.8 Å². The number of anilines is 1. The van der Waals surface area contributed by atoms with Crippen LogP contribution in [-0.2, 0) is 13.6 Å². The van der Waals surface area contributed by atoms with E-state index in [4.69, 9.17) is 9.97 Å². The van der Waals surface area contributed by atoms with Crippen molar-refractivity contribution in [3.63, 3.8) is 0 Å². The fourth-order valence-electron chi connectivity index (χ4n) is 2.84. The Hall–Kier alpha value is -2.73. The molecule has 1 N–H and O–H groups in total. The van der Waals surface area contributed by atoms with Crippen LogP contribution in [-0.4, -0.2) is 19.7 Å². The topological polar surface area (TPSA) is 55.6 Å². The number of rotatable bonds is 4. The number of nitrogens with zero attached hydrogens (tertiary/aromatic N) is 4. The van der Waals surface area contributed by atoms with E-state index in [1.807, 2.05) is 54.5 Å². The zero-order chi connectivity index (χ0) is 17.4. The highest BCUT2D eigenvalue weighted by molar-refractivity contribution is 7.18. The van der Waals surface area contributed by atoms with Crippen LogP contribution >= 0.6 is 11.3 Å². The van der Waals surface area contributed by atoms with E-state index in [0.717, 1.165) is 33.0 Å². The smallest absolute Gasteiger partial charge is 0.163 e. The first-order valence-electron chi connectivity index (χ1n) is 8.16. The van der Waals surface area contributed by atoms with E-state index in [0.29, 0.717) is 6.54 Å². The van der Waals surface area contributed by atoms with Crippen molar-refractivity contribution >= 4 is 27.4 Å². The van der Waals surface area contributed by atoms with Crippen molar-refractivity contribution < 1.29 is 0 Å². The maximum absolute atomic E-state index is 4.82. The molecule has 4 aromatic rings. The molecule has 3 heterocycles. The Morgan fingerprint density at radius 2 is 1.92 bits per heavy atom. The third-order valence-electron chi connectivity index (χ3n) is 4.28. The average Bonchev–Trinajstić information content (AvgIpc) is 3.17. The van der Waals surface area contributed by atoms with Crippen molar-refractivity contribution in [1.82, 2.24) is 19.7 Å². The first kappa shape index (κ1) is 15.8.